The summed E-state index contributed by atoms with van der Waals surface area (Å²) in [6, 6.07) is 5.03. The van der Waals surface area contributed by atoms with Gasteiger partial charge in [-0.05, 0) is 24.3 Å². The van der Waals surface area contributed by atoms with Crippen molar-refractivity contribution in [2.24, 2.45) is 0 Å². The van der Waals surface area contributed by atoms with Crippen LogP contribution in [0, 0.1) is 0 Å². The van der Waals surface area contributed by atoms with Crippen molar-refractivity contribution in [1.29, 1.82) is 0 Å². The molecule has 0 saturated carbocycles. The summed E-state index contributed by atoms with van der Waals surface area (Å²) in [7, 11) is 0. The number of hydrogen-bond donors (Lipinski definition) is 0. The second-order valence-corrected chi connectivity index (χ2v) is 4.63. The van der Waals surface area contributed by atoms with Crippen LogP contribution in [0.25, 0.3) is 0 Å². The lowest BCUT2D eigenvalue weighted by atomic mass is 10.3. The third kappa shape index (κ3) is 2.64. The van der Waals surface area contributed by atoms with E-state index in [1.807, 2.05) is 0 Å². The summed E-state index contributed by atoms with van der Waals surface area (Å²) in [6.45, 7) is -2.94. The van der Waals surface area contributed by atoms with Crippen LogP contribution < -0.4 is 9.64 Å². The van der Waals surface area contributed by atoms with E-state index in [0.717, 1.165) is 4.90 Å². The molecule has 8 heteroatoms. The predicted molar refractivity (Wildman–Crippen MR) is 64.8 cm³/mol. The highest BCUT2D eigenvalue weighted by Crippen LogP contribution is 2.30. The van der Waals surface area contributed by atoms with E-state index in [9.17, 15) is 18.4 Å². The van der Waals surface area contributed by atoms with Crippen LogP contribution in [0.4, 0.5) is 14.5 Å². The first-order valence-electron chi connectivity index (χ1n) is 5.12. The van der Waals surface area contributed by atoms with Crippen LogP contribution in [0.3, 0.4) is 0 Å². The first-order chi connectivity index (χ1) is 8.91. The number of imide groups is 1. The Balaban J connectivity index is 2.23. The normalized spacial score (nSPS) is 23.3. The van der Waals surface area contributed by atoms with E-state index in [-0.39, 0.29) is 11.4 Å². The Labute approximate surface area is 116 Å². The molecule has 1 aliphatic heterocycles. The maximum atomic E-state index is 12.0. The molecule has 1 saturated heterocycles. The molecule has 0 N–H and O–H groups in total. The quantitative estimate of drug-likeness (QED) is 0.636. The number of carbonyl (C=O) groups excluding carboxylic acids is 2. The highest BCUT2D eigenvalue weighted by molar-refractivity contribution is 6.51. The fourth-order valence-corrected chi connectivity index (χ4v) is 2.05. The Kier molecular flexibility index (Phi) is 3.91. The van der Waals surface area contributed by atoms with E-state index in [1.165, 1.54) is 24.3 Å². The van der Waals surface area contributed by atoms with Gasteiger partial charge >= 0.3 is 6.61 Å². The van der Waals surface area contributed by atoms with Gasteiger partial charge in [-0.3, -0.25) is 9.59 Å². The number of alkyl halides is 4. The van der Waals surface area contributed by atoms with E-state index in [1.54, 1.807) is 0 Å². The third-order valence-corrected chi connectivity index (χ3v) is 3.50. The average molecular weight is 310 g/mol. The van der Waals surface area contributed by atoms with E-state index in [4.69, 9.17) is 23.2 Å². The van der Waals surface area contributed by atoms with Gasteiger partial charge < -0.3 is 4.74 Å². The maximum Gasteiger partial charge on any atom is 0.387 e. The van der Waals surface area contributed by atoms with Gasteiger partial charge in [-0.1, -0.05) is 0 Å². The van der Waals surface area contributed by atoms with Crippen LogP contribution >= 0.6 is 23.2 Å². The minimum absolute atomic E-state index is 0.0808. The molecule has 2 unspecified atom stereocenters. The van der Waals surface area contributed by atoms with E-state index in [2.05, 4.69) is 4.74 Å². The molecule has 4 nitrogen and oxygen atoms in total. The molecule has 1 fully saturated rings. The SMILES string of the molecule is O=C1C(Cl)C(Cl)C(=O)N1c1ccc(OC(F)F)cc1. The number of anilines is 1. The second-order valence-electron chi connectivity index (χ2n) is 3.69. The first kappa shape index (κ1) is 14.0. The third-order valence-electron chi connectivity index (χ3n) is 2.49. The zero-order valence-electron chi connectivity index (χ0n) is 9.23. The van der Waals surface area contributed by atoms with Gasteiger partial charge in [-0.25, -0.2) is 4.90 Å². The number of rotatable bonds is 3. The fraction of sp³-hybridized carbons (Fsp3) is 0.273. The van der Waals surface area contributed by atoms with Gasteiger partial charge in [0.2, 0.25) is 0 Å². The summed E-state index contributed by atoms with van der Waals surface area (Å²) < 4.78 is 28.1. The molecule has 2 atom stereocenters. The maximum absolute atomic E-state index is 12.0. The highest BCUT2D eigenvalue weighted by Gasteiger charge is 2.46. The van der Waals surface area contributed by atoms with Gasteiger partial charge in [0.15, 0.2) is 0 Å². The number of nitrogens with zero attached hydrogens (tertiary/aromatic N) is 1. The number of halogens is 4. The first-order valence-corrected chi connectivity index (χ1v) is 6.00. The van der Waals surface area contributed by atoms with Crippen molar-refractivity contribution in [3.63, 3.8) is 0 Å². The smallest absolute Gasteiger partial charge is 0.387 e. The monoisotopic (exact) mass is 309 g/mol. The number of benzene rings is 1. The molecule has 19 heavy (non-hydrogen) atoms. The van der Waals surface area contributed by atoms with Crippen molar-refractivity contribution in [3.8, 4) is 5.75 Å². The van der Waals surface area contributed by atoms with Crippen LogP contribution in [0.1, 0.15) is 0 Å². The lowest BCUT2D eigenvalue weighted by Crippen LogP contribution is -2.31. The lowest BCUT2D eigenvalue weighted by molar-refractivity contribution is -0.121. The number of carbonyl (C=O) groups is 2. The van der Waals surface area contributed by atoms with Crippen LogP contribution in [0.5, 0.6) is 5.75 Å². The van der Waals surface area contributed by atoms with Crippen LogP contribution in [0.15, 0.2) is 24.3 Å². The predicted octanol–water partition coefficient (Wildman–Crippen LogP) is 2.38. The fourth-order valence-electron chi connectivity index (χ4n) is 1.64. The van der Waals surface area contributed by atoms with E-state index in [0.29, 0.717) is 0 Å². The topological polar surface area (TPSA) is 46.6 Å². The van der Waals surface area contributed by atoms with Crippen molar-refractivity contribution in [1.82, 2.24) is 0 Å². The summed E-state index contributed by atoms with van der Waals surface area (Å²) in [6.07, 6.45) is 0. The van der Waals surface area contributed by atoms with Gasteiger partial charge in [-0.2, -0.15) is 8.78 Å². The molecule has 102 valence electrons. The molecule has 0 spiro atoms. The Morgan fingerprint density at radius 2 is 1.53 bits per heavy atom. The van der Waals surface area contributed by atoms with Crippen molar-refractivity contribution in [2.45, 2.75) is 17.4 Å². The van der Waals surface area contributed by atoms with Crippen LogP contribution in [-0.2, 0) is 9.59 Å². The molecule has 0 aliphatic carbocycles. The van der Waals surface area contributed by atoms with Crippen molar-refractivity contribution in [3.05, 3.63) is 24.3 Å². The van der Waals surface area contributed by atoms with E-state index < -0.39 is 29.2 Å². The Bertz CT molecular complexity index is 489. The summed E-state index contributed by atoms with van der Waals surface area (Å²) in [5.74, 6) is -1.37. The summed E-state index contributed by atoms with van der Waals surface area (Å²) in [5.41, 5.74) is 0.199. The molecule has 0 bridgehead atoms. The molecule has 2 rings (SSSR count). The molecular formula is C11H7Cl2F2NO3. The van der Waals surface area contributed by atoms with Crippen molar-refractivity contribution >= 4 is 40.7 Å². The summed E-state index contributed by atoms with van der Waals surface area (Å²) in [4.78, 5) is 24.3. The molecule has 1 heterocycles. The minimum atomic E-state index is -2.94. The highest BCUT2D eigenvalue weighted by atomic mass is 35.5. The van der Waals surface area contributed by atoms with Crippen molar-refractivity contribution in [2.75, 3.05) is 4.90 Å². The Hall–Kier alpha value is -1.40. The minimum Gasteiger partial charge on any atom is -0.435 e. The average Bonchev–Trinajstić information content (AvgIpc) is 2.55. The Morgan fingerprint density at radius 1 is 1.05 bits per heavy atom. The largest absolute Gasteiger partial charge is 0.435 e. The second kappa shape index (κ2) is 5.30. The van der Waals surface area contributed by atoms with Gasteiger partial charge in [-0.15, -0.1) is 23.2 Å². The van der Waals surface area contributed by atoms with Gasteiger partial charge in [0.1, 0.15) is 16.5 Å². The van der Waals surface area contributed by atoms with Crippen LogP contribution in [-0.4, -0.2) is 29.2 Å². The Morgan fingerprint density at radius 3 is 1.95 bits per heavy atom. The number of amides is 2. The molecular weight excluding hydrogens is 303 g/mol. The van der Waals surface area contributed by atoms with Gasteiger partial charge in [0.25, 0.3) is 11.8 Å². The van der Waals surface area contributed by atoms with Crippen molar-refractivity contribution < 1.29 is 23.1 Å². The zero-order valence-corrected chi connectivity index (χ0v) is 10.7. The molecule has 0 radical (unpaired) electrons. The molecule has 1 aromatic carbocycles. The van der Waals surface area contributed by atoms with Gasteiger partial charge in [0.05, 0.1) is 5.69 Å². The van der Waals surface area contributed by atoms with E-state index >= 15 is 0 Å². The number of hydrogen-bond acceptors (Lipinski definition) is 3. The molecule has 0 aromatic heterocycles. The van der Waals surface area contributed by atoms with Crippen LogP contribution in [0.2, 0.25) is 0 Å². The summed E-state index contributed by atoms with van der Waals surface area (Å²) >= 11 is 11.4. The zero-order chi connectivity index (χ0) is 14.2. The summed E-state index contributed by atoms with van der Waals surface area (Å²) in [5, 5.41) is -2.27. The molecule has 1 aliphatic rings. The number of ether oxygens (including phenoxy) is 1. The molecule has 1 aromatic rings. The lowest BCUT2D eigenvalue weighted by Gasteiger charge is -2.14. The standard InChI is InChI=1S/C11H7Cl2F2NO3/c12-7-8(13)10(18)16(9(7)17)5-1-3-6(4-2-5)19-11(14)15/h1-4,7-8,11H. The van der Waals surface area contributed by atoms with Gasteiger partial charge in [0, 0.05) is 0 Å². The molecule has 2 amide bonds.